The van der Waals surface area contributed by atoms with Gasteiger partial charge in [-0.15, -0.1) is 0 Å². The third-order valence-electron chi connectivity index (χ3n) is 5.22. The van der Waals surface area contributed by atoms with Crippen molar-refractivity contribution in [2.45, 2.75) is 32.4 Å². The fourth-order valence-corrected chi connectivity index (χ4v) is 4.04. The van der Waals surface area contributed by atoms with Gasteiger partial charge in [0.1, 0.15) is 0 Å². The van der Waals surface area contributed by atoms with Gasteiger partial charge in [-0.05, 0) is 42.8 Å². The molecule has 7 nitrogen and oxygen atoms in total. The lowest BCUT2D eigenvalue weighted by atomic mass is 10.0. The molecule has 0 bridgehead atoms. The Bertz CT molecular complexity index is 1210. The highest BCUT2D eigenvalue weighted by Crippen LogP contribution is 2.34. The summed E-state index contributed by atoms with van der Waals surface area (Å²) in [5, 5.41) is 15.1. The van der Waals surface area contributed by atoms with Crippen LogP contribution in [-0.4, -0.2) is 31.9 Å². The summed E-state index contributed by atoms with van der Waals surface area (Å²) in [6.07, 6.45) is 3.76. The molecule has 0 aliphatic carbocycles. The quantitative estimate of drug-likeness (QED) is 0.270. The Kier molecular flexibility index (Phi) is 6.49. The molecule has 0 radical (unpaired) electrons. The smallest absolute Gasteiger partial charge is 0.154 e. The Morgan fingerprint density at radius 3 is 2.71 bits per heavy atom. The minimum absolute atomic E-state index is 0.0728. The van der Waals surface area contributed by atoms with Crippen molar-refractivity contribution in [3.05, 3.63) is 66.1 Å². The number of hydrogen-bond acceptors (Lipinski definition) is 6. The van der Waals surface area contributed by atoms with Gasteiger partial charge in [-0.2, -0.15) is 5.10 Å². The Hall–Kier alpha value is -2.56. The second-order valence-electron chi connectivity index (χ2n) is 7.45. The lowest BCUT2D eigenvalue weighted by Gasteiger charge is -2.15. The summed E-state index contributed by atoms with van der Waals surface area (Å²) in [7, 11) is 2.00. The van der Waals surface area contributed by atoms with Crippen LogP contribution in [0.15, 0.2) is 54.7 Å². The highest BCUT2D eigenvalue weighted by atomic mass is 127. The molecular formula is C23H25IN6O. The fourth-order valence-electron chi connectivity index (χ4n) is 3.64. The van der Waals surface area contributed by atoms with Crippen molar-refractivity contribution in [1.82, 2.24) is 19.7 Å². The largest absolute Gasteiger partial charge is 0.390 e. The first-order chi connectivity index (χ1) is 15.0. The van der Waals surface area contributed by atoms with Crippen LogP contribution in [0.2, 0.25) is 0 Å². The van der Waals surface area contributed by atoms with Gasteiger partial charge in [-0.3, -0.25) is 4.98 Å². The number of halogens is 1. The van der Waals surface area contributed by atoms with E-state index in [-0.39, 0.29) is 12.6 Å². The minimum atomic E-state index is -0.116. The summed E-state index contributed by atoms with van der Waals surface area (Å²) < 4.78 is 3.84. The van der Waals surface area contributed by atoms with Crippen LogP contribution in [0.4, 0.5) is 5.69 Å². The van der Waals surface area contributed by atoms with Crippen LogP contribution in [0.5, 0.6) is 0 Å². The molecule has 8 heteroatoms. The van der Waals surface area contributed by atoms with Crippen LogP contribution in [0.25, 0.3) is 28.0 Å². The van der Waals surface area contributed by atoms with Crippen molar-refractivity contribution in [3.63, 3.8) is 0 Å². The first-order valence-electron chi connectivity index (χ1n) is 10.2. The lowest BCUT2D eigenvalue weighted by Crippen LogP contribution is -2.11. The molecule has 0 aliphatic rings. The summed E-state index contributed by atoms with van der Waals surface area (Å²) in [4.78, 5) is 9.38. The number of benzene rings is 1. The van der Waals surface area contributed by atoms with Gasteiger partial charge in [0.15, 0.2) is 5.82 Å². The first-order valence-corrected chi connectivity index (χ1v) is 11.2. The van der Waals surface area contributed by atoms with Crippen LogP contribution in [0, 0.1) is 0 Å². The molecule has 0 saturated carbocycles. The molecule has 0 amide bonds. The van der Waals surface area contributed by atoms with E-state index in [1.165, 1.54) is 0 Å². The molecule has 1 aromatic carbocycles. The molecule has 0 unspecified atom stereocenters. The van der Waals surface area contributed by atoms with Crippen molar-refractivity contribution < 1.29 is 5.11 Å². The summed E-state index contributed by atoms with van der Waals surface area (Å²) >= 11 is 2.26. The first kappa shape index (κ1) is 21.7. The maximum Gasteiger partial charge on any atom is 0.154 e. The zero-order valence-corrected chi connectivity index (χ0v) is 19.7. The lowest BCUT2D eigenvalue weighted by molar-refractivity contribution is 0.276. The highest BCUT2D eigenvalue weighted by molar-refractivity contribution is 14.1. The predicted octanol–water partition coefficient (Wildman–Crippen LogP) is 4.56. The molecule has 4 rings (SSSR count). The van der Waals surface area contributed by atoms with Crippen LogP contribution in [0.1, 0.15) is 37.2 Å². The molecule has 0 saturated heterocycles. The number of aliphatic hydroxyl groups excluding tert-OH is 1. The zero-order valence-electron chi connectivity index (χ0n) is 17.5. The fraction of sp³-hybridized carbons (Fsp3) is 0.261. The number of aromatic nitrogens is 4. The van der Waals surface area contributed by atoms with E-state index in [0.29, 0.717) is 11.5 Å². The average molecular weight is 528 g/mol. The zero-order chi connectivity index (χ0) is 22.0. The second kappa shape index (κ2) is 9.29. The Labute approximate surface area is 195 Å². The minimum Gasteiger partial charge on any atom is -0.390 e. The maximum absolute atomic E-state index is 9.47. The highest BCUT2D eigenvalue weighted by Gasteiger charge is 2.16. The van der Waals surface area contributed by atoms with Gasteiger partial charge < -0.3 is 14.0 Å². The molecule has 0 aliphatic heterocycles. The van der Waals surface area contributed by atoms with E-state index >= 15 is 0 Å². The standard InChI is InChI=1S/C23H25IN6O/c1-3-6-18(25)20-9-5-8-19(28-20)15-11-21(29(2)24)17-13-26-30(22(17)12-15)23-10-4-7-16(14-31)27-23/h4-5,7-13,18,31H,3,6,14,25H2,1-2H3/t18-/m0/s1. The van der Waals surface area contributed by atoms with Gasteiger partial charge in [0.25, 0.3) is 0 Å². The van der Waals surface area contributed by atoms with E-state index in [1.807, 2.05) is 46.7 Å². The van der Waals surface area contributed by atoms with E-state index in [4.69, 9.17) is 10.7 Å². The Morgan fingerprint density at radius 2 is 1.97 bits per heavy atom. The monoisotopic (exact) mass is 528 g/mol. The van der Waals surface area contributed by atoms with Gasteiger partial charge in [-0.25, -0.2) is 9.67 Å². The topological polar surface area (TPSA) is 93.1 Å². The van der Waals surface area contributed by atoms with Crippen molar-refractivity contribution in [2.24, 2.45) is 5.73 Å². The van der Waals surface area contributed by atoms with Crippen LogP contribution in [-0.2, 0) is 6.61 Å². The molecule has 3 heterocycles. The van der Waals surface area contributed by atoms with Crippen molar-refractivity contribution in [3.8, 4) is 17.1 Å². The van der Waals surface area contributed by atoms with Crippen molar-refractivity contribution in [2.75, 3.05) is 10.2 Å². The normalized spacial score (nSPS) is 12.3. The van der Waals surface area contributed by atoms with Gasteiger partial charge in [-0.1, -0.05) is 25.5 Å². The summed E-state index contributed by atoms with van der Waals surface area (Å²) in [5.41, 5.74) is 11.6. The number of anilines is 1. The van der Waals surface area contributed by atoms with E-state index < -0.39 is 0 Å². The van der Waals surface area contributed by atoms with E-state index in [1.54, 1.807) is 10.7 Å². The molecule has 3 N–H and O–H groups in total. The summed E-state index contributed by atoms with van der Waals surface area (Å²) in [5.74, 6) is 0.660. The molecule has 0 spiro atoms. The van der Waals surface area contributed by atoms with Crippen LogP contribution < -0.4 is 8.85 Å². The molecular weight excluding hydrogens is 503 g/mol. The molecule has 4 aromatic rings. The Morgan fingerprint density at radius 1 is 1.16 bits per heavy atom. The van der Waals surface area contributed by atoms with Gasteiger partial charge in [0.05, 0.1) is 64.0 Å². The summed E-state index contributed by atoms with van der Waals surface area (Å²) in [6, 6.07) is 15.7. The van der Waals surface area contributed by atoms with E-state index in [2.05, 4.69) is 52.0 Å². The Balaban J connectivity index is 1.88. The number of fused-ring (bicyclic) bond motifs is 1. The number of aliphatic hydroxyl groups is 1. The third-order valence-corrected chi connectivity index (χ3v) is 5.74. The number of nitrogens with two attached hydrogens (primary N) is 1. The van der Waals surface area contributed by atoms with Crippen molar-refractivity contribution in [1.29, 1.82) is 0 Å². The van der Waals surface area contributed by atoms with Crippen molar-refractivity contribution >= 4 is 39.5 Å². The van der Waals surface area contributed by atoms with Gasteiger partial charge in [0.2, 0.25) is 0 Å². The molecule has 0 fully saturated rings. The predicted molar refractivity (Wildman–Crippen MR) is 132 cm³/mol. The number of rotatable bonds is 7. The van der Waals surface area contributed by atoms with Gasteiger partial charge in [0, 0.05) is 24.0 Å². The third kappa shape index (κ3) is 4.41. The number of pyridine rings is 2. The van der Waals surface area contributed by atoms with Crippen LogP contribution in [0.3, 0.4) is 0 Å². The van der Waals surface area contributed by atoms with Gasteiger partial charge >= 0.3 is 0 Å². The second-order valence-corrected chi connectivity index (χ2v) is 8.90. The van der Waals surface area contributed by atoms with Crippen LogP contribution >= 0.6 is 22.9 Å². The maximum atomic E-state index is 9.47. The molecule has 1 atom stereocenters. The molecule has 160 valence electrons. The summed E-state index contributed by atoms with van der Waals surface area (Å²) in [6.45, 7) is 2.01. The number of hydrogen-bond donors (Lipinski definition) is 2. The molecule has 31 heavy (non-hydrogen) atoms. The molecule has 3 aromatic heterocycles. The van der Waals surface area contributed by atoms with E-state index in [0.717, 1.165) is 46.4 Å². The number of nitrogens with zero attached hydrogens (tertiary/aromatic N) is 5. The van der Waals surface area contributed by atoms with E-state index in [9.17, 15) is 5.11 Å². The average Bonchev–Trinajstić information content (AvgIpc) is 3.22. The SMILES string of the molecule is CCC[C@H](N)c1cccc(-c2cc(N(C)I)c3cnn(-c4cccc(CO)n4)c3c2)n1.